The van der Waals surface area contributed by atoms with E-state index in [1.54, 1.807) is 18.6 Å². The normalized spacial score (nSPS) is 14.8. The molecule has 4 rings (SSSR count). The molecule has 1 aliphatic rings. The molecule has 6 nitrogen and oxygen atoms in total. The van der Waals surface area contributed by atoms with Crippen LogP contribution in [0.3, 0.4) is 0 Å². The molecule has 0 saturated carbocycles. The van der Waals surface area contributed by atoms with Crippen molar-refractivity contribution >= 4 is 23.3 Å². The summed E-state index contributed by atoms with van der Waals surface area (Å²) in [5, 5.41) is 7.89. The number of hydrogen-bond donors (Lipinski definition) is 1. The molecule has 0 spiro atoms. The SMILES string of the molecule is CC1(C)Cc2c(-c3cc(NC(=O)Cc4ccncc4)ncc3Cl)cnn2C1. The highest BCUT2D eigenvalue weighted by Gasteiger charge is 2.32. The molecular formula is C20H20ClN5O. The third-order valence-electron chi connectivity index (χ3n) is 4.70. The molecule has 1 aliphatic heterocycles. The molecule has 27 heavy (non-hydrogen) atoms. The zero-order chi connectivity index (χ0) is 19.0. The van der Waals surface area contributed by atoms with Crippen molar-refractivity contribution in [2.24, 2.45) is 5.41 Å². The minimum absolute atomic E-state index is 0.136. The Morgan fingerprint density at radius 3 is 2.81 bits per heavy atom. The van der Waals surface area contributed by atoms with Gasteiger partial charge in [0.2, 0.25) is 5.91 Å². The predicted octanol–water partition coefficient (Wildman–Crippen LogP) is 3.76. The van der Waals surface area contributed by atoms with Gasteiger partial charge in [0.25, 0.3) is 0 Å². The van der Waals surface area contributed by atoms with Crippen LogP contribution in [0.2, 0.25) is 5.02 Å². The fourth-order valence-electron chi connectivity index (χ4n) is 3.46. The summed E-state index contributed by atoms with van der Waals surface area (Å²) in [7, 11) is 0. The number of nitrogens with one attached hydrogen (secondary N) is 1. The number of carbonyl (C=O) groups is 1. The molecule has 0 saturated heterocycles. The van der Waals surface area contributed by atoms with E-state index in [2.05, 4.69) is 34.2 Å². The van der Waals surface area contributed by atoms with Crippen molar-refractivity contribution in [2.45, 2.75) is 33.2 Å². The third kappa shape index (κ3) is 3.71. The van der Waals surface area contributed by atoms with Gasteiger partial charge in [-0.1, -0.05) is 25.4 Å². The van der Waals surface area contributed by atoms with Crippen LogP contribution in [0.25, 0.3) is 11.1 Å². The molecule has 4 heterocycles. The largest absolute Gasteiger partial charge is 0.310 e. The lowest BCUT2D eigenvalue weighted by Crippen LogP contribution is -2.15. The molecule has 7 heteroatoms. The van der Waals surface area contributed by atoms with Gasteiger partial charge in [0.1, 0.15) is 5.82 Å². The topological polar surface area (TPSA) is 72.7 Å². The summed E-state index contributed by atoms with van der Waals surface area (Å²) in [6, 6.07) is 5.45. The Balaban J connectivity index is 1.57. The van der Waals surface area contributed by atoms with Crippen LogP contribution in [0.1, 0.15) is 25.1 Å². The van der Waals surface area contributed by atoms with E-state index in [-0.39, 0.29) is 17.7 Å². The van der Waals surface area contributed by atoms with E-state index in [0.717, 1.165) is 29.7 Å². The Morgan fingerprint density at radius 2 is 2.04 bits per heavy atom. The molecule has 0 bridgehead atoms. The number of hydrogen-bond acceptors (Lipinski definition) is 4. The Bertz CT molecular complexity index is 997. The van der Waals surface area contributed by atoms with E-state index in [1.807, 2.05) is 29.1 Å². The number of rotatable bonds is 4. The van der Waals surface area contributed by atoms with E-state index in [0.29, 0.717) is 10.8 Å². The number of amides is 1. The van der Waals surface area contributed by atoms with Crippen LogP contribution in [0.5, 0.6) is 0 Å². The summed E-state index contributed by atoms with van der Waals surface area (Å²) in [5.41, 5.74) is 4.08. The first-order valence-electron chi connectivity index (χ1n) is 8.81. The zero-order valence-corrected chi connectivity index (χ0v) is 16.0. The first kappa shape index (κ1) is 17.7. The van der Waals surface area contributed by atoms with Gasteiger partial charge in [-0.2, -0.15) is 5.10 Å². The quantitative estimate of drug-likeness (QED) is 0.746. The second-order valence-corrected chi connectivity index (χ2v) is 8.04. The van der Waals surface area contributed by atoms with E-state index >= 15 is 0 Å². The van der Waals surface area contributed by atoms with E-state index in [4.69, 9.17) is 11.6 Å². The number of nitrogens with zero attached hydrogens (tertiary/aromatic N) is 4. The van der Waals surface area contributed by atoms with Crippen LogP contribution in [0, 0.1) is 5.41 Å². The Hall–Kier alpha value is -2.73. The van der Waals surface area contributed by atoms with Gasteiger partial charge in [0, 0.05) is 42.0 Å². The van der Waals surface area contributed by atoms with Gasteiger partial charge in [-0.05, 0) is 35.6 Å². The minimum Gasteiger partial charge on any atom is -0.310 e. The molecule has 0 fully saturated rings. The lowest BCUT2D eigenvalue weighted by Gasteiger charge is -2.14. The fourth-order valence-corrected chi connectivity index (χ4v) is 3.66. The van der Waals surface area contributed by atoms with Crippen molar-refractivity contribution in [3.63, 3.8) is 0 Å². The first-order valence-corrected chi connectivity index (χ1v) is 9.18. The molecule has 138 valence electrons. The van der Waals surface area contributed by atoms with Gasteiger partial charge in [0.15, 0.2) is 0 Å². The van der Waals surface area contributed by atoms with Crippen molar-refractivity contribution in [3.05, 3.63) is 59.3 Å². The third-order valence-corrected chi connectivity index (χ3v) is 5.00. The highest BCUT2D eigenvalue weighted by atomic mass is 35.5. The van der Waals surface area contributed by atoms with Crippen LogP contribution >= 0.6 is 11.6 Å². The number of anilines is 1. The average Bonchev–Trinajstić information content (AvgIpc) is 3.12. The van der Waals surface area contributed by atoms with Gasteiger partial charge in [-0.3, -0.25) is 14.5 Å². The fraction of sp³-hybridized carbons (Fsp3) is 0.300. The van der Waals surface area contributed by atoms with Crippen molar-refractivity contribution in [2.75, 3.05) is 5.32 Å². The maximum atomic E-state index is 12.3. The molecule has 0 atom stereocenters. The van der Waals surface area contributed by atoms with Gasteiger partial charge < -0.3 is 5.32 Å². The summed E-state index contributed by atoms with van der Waals surface area (Å²) in [5.74, 6) is 0.342. The highest BCUT2D eigenvalue weighted by Crippen LogP contribution is 2.39. The van der Waals surface area contributed by atoms with Crippen molar-refractivity contribution in [1.29, 1.82) is 0 Å². The number of pyridine rings is 2. The van der Waals surface area contributed by atoms with Crippen LogP contribution in [0.4, 0.5) is 5.82 Å². The second kappa shape index (κ2) is 6.78. The molecule has 0 unspecified atom stereocenters. The van der Waals surface area contributed by atoms with Crippen LogP contribution in [-0.2, 0) is 24.2 Å². The number of halogens is 1. The van der Waals surface area contributed by atoms with Gasteiger partial charge in [-0.15, -0.1) is 0 Å². The Morgan fingerprint density at radius 1 is 1.26 bits per heavy atom. The zero-order valence-electron chi connectivity index (χ0n) is 15.2. The molecule has 0 aliphatic carbocycles. The highest BCUT2D eigenvalue weighted by molar-refractivity contribution is 6.33. The molecule has 3 aromatic heterocycles. The van der Waals surface area contributed by atoms with Crippen LogP contribution < -0.4 is 5.32 Å². The monoisotopic (exact) mass is 381 g/mol. The summed E-state index contributed by atoms with van der Waals surface area (Å²) >= 11 is 6.41. The number of fused-ring (bicyclic) bond motifs is 1. The average molecular weight is 382 g/mol. The van der Waals surface area contributed by atoms with E-state index in [1.165, 1.54) is 5.69 Å². The Labute approximate surface area is 162 Å². The van der Waals surface area contributed by atoms with E-state index < -0.39 is 0 Å². The molecule has 0 aromatic carbocycles. The lowest BCUT2D eigenvalue weighted by molar-refractivity contribution is -0.115. The number of aromatic nitrogens is 4. The second-order valence-electron chi connectivity index (χ2n) is 7.63. The maximum Gasteiger partial charge on any atom is 0.229 e. The lowest BCUT2D eigenvalue weighted by atomic mass is 9.89. The predicted molar refractivity (Wildman–Crippen MR) is 105 cm³/mol. The molecule has 1 amide bonds. The summed E-state index contributed by atoms with van der Waals surface area (Å²) in [6.45, 7) is 5.34. The maximum absolute atomic E-state index is 12.3. The summed E-state index contributed by atoms with van der Waals surface area (Å²) in [6.07, 6.45) is 7.95. The van der Waals surface area contributed by atoms with E-state index in [9.17, 15) is 4.79 Å². The first-order chi connectivity index (χ1) is 12.9. The molecule has 3 aromatic rings. The summed E-state index contributed by atoms with van der Waals surface area (Å²) in [4.78, 5) is 20.5. The number of carbonyl (C=O) groups excluding carboxylic acids is 1. The smallest absolute Gasteiger partial charge is 0.229 e. The van der Waals surface area contributed by atoms with Gasteiger partial charge in [-0.25, -0.2) is 4.98 Å². The van der Waals surface area contributed by atoms with Gasteiger partial charge in [0.05, 0.1) is 17.6 Å². The van der Waals surface area contributed by atoms with Crippen molar-refractivity contribution in [3.8, 4) is 11.1 Å². The van der Waals surface area contributed by atoms with Gasteiger partial charge >= 0.3 is 0 Å². The van der Waals surface area contributed by atoms with Crippen LogP contribution in [0.15, 0.2) is 43.0 Å². The standard InChI is InChI=1S/C20H20ClN5O/c1-20(2)9-17-15(10-24-26(17)12-20)14-8-18(23-11-16(14)21)25-19(27)7-13-3-5-22-6-4-13/h3-6,8,10-11H,7,9,12H2,1-2H3,(H,23,25,27). The molecular weight excluding hydrogens is 362 g/mol. The minimum atomic E-state index is -0.136. The summed E-state index contributed by atoms with van der Waals surface area (Å²) < 4.78 is 2.04. The van der Waals surface area contributed by atoms with Crippen LogP contribution in [-0.4, -0.2) is 25.7 Å². The molecule has 1 N–H and O–H groups in total. The molecule has 0 radical (unpaired) electrons. The Kier molecular flexibility index (Phi) is 4.44. The van der Waals surface area contributed by atoms with Crippen molar-refractivity contribution in [1.82, 2.24) is 19.7 Å². The van der Waals surface area contributed by atoms with Crippen molar-refractivity contribution < 1.29 is 4.79 Å².